The molecule has 2 atom stereocenters. The summed E-state index contributed by atoms with van der Waals surface area (Å²) in [6.07, 6.45) is 5.56. The normalized spacial score (nSPS) is 21.1. The predicted molar refractivity (Wildman–Crippen MR) is 88.0 cm³/mol. The lowest BCUT2D eigenvalue weighted by Crippen LogP contribution is -2.45. The minimum atomic E-state index is -0.919. The first kappa shape index (κ1) is 15.9. The van der Waals surface area contributed by atoms with E-state index in [0.29, 0.717) is 6.54 Å². The van der Waals surface area contributed by atoms with E-state index in [4.69, 9.17) is 4.74 Å². The molecule has 0 radical (unpaired) electrons. The van der Waals surface area contributed by atoms with E-state index >= 15 is 0 Å². The van der Waals surface area contributed by atoms with Crippen molar-refractivity contribution >= 4 is 0 Å². The van der Waals surface area contributed by atoms with E-state index in [1.165, 1.54) is 0 Å². The molecular weight excluding hydrogens is 290 g/mol. The van der Waals surface area contributed by atoms with E-state index in [9.17, 15) is 5.11 Å². The van der Waals surface area contributed by atoms with Crippen molar-refractivity contribution in [1.29, 1.82) is 0 Å². The molecule has 0 amide bonds. The van der Waals surface area contributed by atoms with Gasteiger partial charge in [-0.1, -0.05) is 12.1 Å². The summed E-state index contributed by atoms with van der Waals surface area (Å²) >= 11 is 0. The van der Waals surface area contributed by atoms with Gasteiger partial charge in [0, 0.05) is 18.4 Å². The Labute approximate surface area is 137 Å². The lowest BCUT2D eigenvalue weighted by Gasteiger charge is -2.36. The highest BCUT2D eigenvalue weighted by Crippen LogP contribution is 2.35. The average Bonchev–Trinajstić information content (AvgIpc) is 3.05. The van der Waals surface area contributed by atoms with Crippen LogP contribution in [0.3, 0.4) is 0 Å². The van der Waals surface area contributed by atoms with Gasteiger partial charge in [-0.3, -0.25) is 4.90 Å². The van der Waals surface area contributed by atoms with Gasteiger partial charge in [0.2, 0.25) is 0 Å². The van der Waals surface area contributed by atoms with Gasteiger partial charge in [-0.15, -0.1) is 0 Å². The summed E-state index contributed by atoms with van der Waals surface area (Å²) in [4.78, 5) is 10.9. The number of hydrogen-bond acceptors (Lipinski definition) is 5. The second kappa shape index (κ2) is 6.64. The smallest absolute Gasteiger partial charge is 0.142 e. The van der Waals surface area contributed by atoms with E-state index in [2.05, 4.69) is 14.9 Å². The molecule has 2 aromatic rings. The molecule has 122 valence electrons. The summed E-state index contributed by atoms with van der Waals surface area (Å²) in [6.45, 7) is 3.51. The Bertz CT molecular complexity index is 628. The number of hydrogen-bond donors (Lipinski definition) is 1. The first-order valence-electron chi connectivity index (χ1n) is 7.98. The van der Waals surface area contributed by atoms with Crippen LogP contribution in [0, 0.1) is 0 Å². The van der Waals surface area contributed by atoms with Crippen LogP contribution in [0.4, 0.5) is 0 Å². The van der Waals surface area contributed by atoms with Crippen LogP contribution in [-0.2, 0) is 12.1 Å². The van der Waals surface area contributed by atoms with Crippen LogP contribution in [0.1, 0.15) is 31.2 Å². The Kier molecular flexibility index (Phi) is 4.59. The average molecular weight is 313 g/mol. The summed E-state index contributed by atoms with van der Waals surface area (Å²) < 4.78 is 5.20. The maximum Gasteiger partial charge on any atom is 0.142 e. The highest BCUT2D eigenvalue weighted by molar-refractivity contribution is 5.31. The van der Waals surface area contributed by atoms with Crippen molar-refractivity contribution in [3.05, 3.63) is 54.1 Å². The molecule has 0 bridgehead atoms. The number of likely N-dealkylation sites (tertiary alicyclic amines) is 1. The van der Waals surface area contributed by atoms with E-state index < -0.39 is 5.60 Å². The van der Waals surface area contributed by atoms with E-state index in [1.54, 1.807) is 19.5 Å². The van der Waals surface area contributed by atoms with Crippen molar-refractivity contribution in [2.24, 2.45) is 0 Å². The van der Waals surface area contributed by atoms with Crippen LogP contribution in [0.25, 0.3) is 0 Å². The van der Waals surface area contributed by atoms with Crippen LogP contribution in [0.15, 0.2) is 42.7 Å². The van der Waals surface area contributed by atoms with E-state index in [1.807, 2.05) is 37.3 Å². The Hall–Kier alpha value is -1.98. The summed E-state index contributed by atoms with van der Waals surface area (Å²) in [7, 11) is 1.64. The molecule has 2 heterocycles. The van der Waals surface area contributed by atoms with Crippen molar-refractivity contribution < 1.29 is 9.84 Å². The van der Waals surface area contributed by atoms with Crippen LogP contribution in [0.5, 0.6) is 5.75 Å². The van der Waals surface area contributed by atoms with Crippen molar-refractivity contribution in [2.45, 2.75) is 38.0 Å². The van der Waals surface area contributed by atoms with Gasteiger partial charge in [0.1, 0.15) is 17.2 Å². The topological polar surface area (TPSA) is 58.5 Å². The molecule has 1 fully saturated rings. The molecule has 1 aromatic carbocycles. The zero-order valence-corrected chi connectivity index (χ0v) is 13.6. The number of aromatic nitrogens is 2. The van der Waals surface area contributed by atoms with Gasteiger partial charge in [0.05, 0.1) is 13.7 Å². The minimum Gasteiger partial charge on any atom is -0.497 e. The monoisotopic (exact) mass is 313 g/mol. The minimum absolute atomic E-state index is 0.0553. The summed E-state index contributed by atoms with van der Waals surface area (Å²) in [5.74, 6) is 1.59. The molecular formula is C18H23N3O2. The second-order valence-corrected chi connectivity index (χ2v) is 6.17. The fourth-order valence-corrected chi connectivity index (χ4v) is 3.37. The third-order valence-electron chi connectivity index (χ3n) is 4.65. The Morgan fingerprint density at radius 3 is 2.61 bits per heavy atom. The van der Waals surface area contributed by atoms with Gasteiger partial charge in [-0.2, -0.15) is 0 Å². The van der Waals surface area contributed by atoms with Gasteiger partial charge in [-0.05, 0) is 50.1 Å². The standard InChI is InChI=1S/C18H23N3O2/c1-18(22,14-6-8-15(23-2)9-7-14)16-5-3-12-21(16)13-17-19-10-4-11-20-17/h4,6-11,16,22H,3,5,12-13H2,1-2H3/t16-,18-/m1/s1. The molecule has 0 unspecified atom stereocenters. The van der Waals surface area contributed by atoms with Gasteiger partial charge in [-0.25, -0.2) is 9.97 Å². The number of methoxy groups -OCH3 is 1. The molecule has 5 heteroatoms. The van der Waals surface area contributed by atoms with Crippen molar-refractivity contribution in [1.82, 2.24) is 14.9 Å². The zero-order chi connectivity index (χ0) is 16.3. The van der Waals surface area contributed by atoms with Gasteiger partial charge >= 0.3 is 0 Å². The molecule has 0 saturated carbocycles. The van der Waals surface area contributed by atoms with Gasteiger partial charge in [0.15, 0.2) is 0 Å². The quantitative estimate of drug-likeness (QED) is 0.918. The van der Waals surface area contributed by atoms with Crippen LogP contribution in [-0.4, -0.2) is 39.7 Å². The van der Waals surface area contributed by atoms with Gasteiger partial charge < -0.3 is 9.84 Å². The van der Waals surface area contributed by atoms with Crippen molar-refractivity contribution in [3.63, 3.8) is 0 Å². The number of nitrogens with zero attached hydrogens (tertiary/aromatic N) is 3. The van der Waals surface area contributed by atoms with Crippen LogP contribution >= 0.6 is 0 Å². The molecule has 1 aliphatic heterocycles. The fraction of sp³-hybridized carbons (Fsp3) is 0.444. The molecule has 3 rings (SSSR count). The molecule has 1 saturated heterocycles. The molecule has 1 aliphatic rings. The fourth-order valence-electron chi connectivity index (χ4n) is 3.37. The molecule has 5 nitrogen and oxygen atoms in total. The molecule has 1 aromatic heterocycles. The van der Waals surface area contributed by atoms with Crippen LogP contribution in [0.2, 0.25) is 0 Å². The third-order valence-corrected chi connectivity index (χ3v) is 4.65. The lowest BCUT2D eigenvalue weighted by molar-refractivity contribution is -0.0261. The first-order valence-corrected chi connectivity index (χ1v) is 7.98. The number of ether oxygens (including phenoxy) is 1. The Morgan fingerprint density at radius 2 is 1.96 bits per heavy atom. The third kappa shape index (κ3) is 3.35. The molecule has 0 spiro atoms. The van der Waals surface area contributed by atoms with E-state index in [0.717, 1.165) is 36.5 Å². The molecule has 23 heavy (non-hydrogen) atoms. The van der Waals surface area contributed by atoms with E-state index in [-0.39, 0.29) is 6.04 Å². The van der Waals surface area contributed by atoms with Crippen molar-refractivity contribution in [2.75, 3.05) is 13.7 Å². The van der Waals surface area contributed by atoms with Crippen LogP contribution < -0.4 is 4.74 Å². The SMILES string of the molecule is COc1ccc([C@@](C)(O)[C@H]2CCCN2Cc2ncccn2)cc1. The highest BCUT2D eigenvalue weighted by Gasteiger charge is 2.40. The number of aliphatic hydroxyl groups is 1. The molecule has 1 N–H and O–H groups in total. The maximum atomic E-state index is 11.2. The first-order chi connectivity index (χ1) is 11.1. The Morgan fingerprint density at radius 1 is 1.26 bits per heavy atom. The van der Waals surface area contributed by atoms with Crippen molar-refractivity contribution in [3.8, 4) is 5.75 Å². The number of benzene rings is 1. The zero-order valence-electron chi connectivity index (χ0n) is 13.6. The summed E-state index contributed by atoms with van der Waals surface area (Å²) in [5, 5.41) is 11.2. The largest absolute Gasteiger partial charge is 0.497 e. The number of rotatable bonds is 5. The molecule has 0 aliphatic carbocycles. The maximum absolute atomic E-state index is 11.2. The Balaban J connectivity index is 1.79. The summed E-state index contributed by atoms with van der Waals surface area (Å²) in [6, 6.07) is 9.54. The van der Waals surface area contributed by atoms with Gasteiger partial charge in [0.25, 0.3) is 0 Å². The summed E-state index contributed by atoms with van der Waals surface area (Å²) in [5.41, 5.74) is -0.0124. The lowest BCUT2D eigenvalue weighted by atomic mass is 9.86. The predicted octanol–water partition coefficient (Wildman–Crippen LogP) is 2.36. The second-order valence-electron chi connectivity index (χ2n) is 6.17. The highest BCUT2D eigenvalue weighted by atomic mass is 16.5.